The summed E-state index contributed by atoms with van der Waals surface area (Å²) < 4.78 is 31.2. The smallest absolute Gasteiger partial charge is 0.405 e. The van der Waals surface area contributed by atoms with Crippen molar-refractivity contribution < 1.29 is 17.9 Å². The molecular formula is C24H27N7O4S. The Morgan fingerprint density at radius 1 is 1.17 bits per heavy atom. The van der Waals surface area contributed by atoms with Gasteiger partial charge in [-0.2, -0.15) is 5.10 Å². The highest BCUT2D eigenvalue weighted by Gasteiger charge is 2.27. The van der Waals surface area contributed by atoms with Crippen LogP contribution in [0.1, 0.15) is 19.4 Å². The number of nitrogen functional groups attached to an aromatic ring is 1. The van der Waals surface area contributed by atoms with E-state index in [0.717, 1.165) is 6.26 Å². The number of benzene rings is 2. The number of H-pyrrole nitrogens is 1. The lowest BCUT2D eigenvalue weighted by Crippen LogP contribution is -2.33. The minimum atomic E-state index is -3.38. The maximum Gasteiger partial charge on any atom is 0.415 e. The molecule has 0 unspecified atom stereocenters. The van der Waals surface area contributed by atoms with Crippen LogP contribution in [0.2, 0.25) is 0 Å². The van der Waals surface area contributed by atoms with Crippen molar-refractivity contribution in [1.29, 1.82) is 5.41 Å². The first-order chi connectivity index (χ1) is 17.0. The number of sulfone groups is 1. The number of fused-ring (bicyclic) bond motifs is 1. The van der Waals surface area contributed by atoms with Crippen LogP contribution < -0.4 is 10.5 Å². The van der Waals surface area contributed by atoms with Crippen LogP contribution in [0, 0.1) is 5.41 Å². The molecular weight excluding hydrogens is 482 g/mol. The van der Waals surface area contributed by atoms with Gasteiger partial charge in [-0.15, -0.1) is 0 Å². The highest BCUT2D eigenvalue weighted by Crippen LogP contribution is 2.39. The quantitative estimate of drug-likeness (QED) is 0.255. The molecule has 12 heteroatoms. The molecule has 4 rings (SSSR count). The standard InChI is InChI=1S/C24H27N7O4S/c1-5-31(6-2)24(32)35-21-19(14-7-10-16(11-8-14)36(4,33)34)29-30(3)20(21)23-27-17-12-9-15(22(25)26)13-18(17)28-23/h7-13H,5-6H2,1-4H3,(H3,25,26)(H,27,28). The second-order valence-electron chi connectivity index (χ2n) is 8.22. The molecule has 4 N–H and O–H groups in total. The van der Waals surface area contributed by atoms with Gasteiger partial charge in [0.15, 0.2) is 21.4 Å². The molecule has 0 fully saturated rings. The predicted molar refractivity (Wildman–Crippen MR) is 137 cm³/mol. The first-order valence-corrected chi connectivity index (χ1v) is 13.1. The molecule has 0 radical (unpaired) electrons. The van der Waals surface area contributed by atoms with E-state index >= 15 is 0 Å². The van der Waals surface area contributed by atoms with Crippen LogP contribution in [0.5, 0.6) is 5.75 Å². The predicted octanol–water partition coefficient (Wildman–Crippen LogP) is 3.16. The Bertz CT molecular complexity index is 1570. The van der Waals surface area contributed by atoms with Gasteiger partial charge in [0, 0.05) is 37.5 Å². The molecule has 0 spiro atoms. The van der Waals surface area contributed by atoms with Crippen LogP contribution in [0.4, 0.5) is 4.79 Å². The van der Waals surface area contributed by atoms with E-state index in [-0.39, 0.29) is 16.5 Å². The fourth-order valence-corrected chi connectivity index (χ4v) is 4.46. The zero-order valence-electron chi connectivity index (χ0n) is 20.4. The molecule has 2 aromatic carbocycles. The summed E-state index contributed by atoms with van der Waals surface area (Å²) in [4.78, 5) is 22.5. The summed E-state index contributed by atoms with van der Waals surface area (Å²) in [6, 6.07) is 11.4. The fourth-order valence-electron chi connectivity index (χ4n) is 3.83. The van der Waals surface area contributed by atoms with Gasteiger partial charge >= 0.3 is 6.09 Å². The molecule has 0 bridgehead atoms. The van der Waals surface area contributed by atoms with E-state index in [2.05, 4.69) is 15.1 Å². The first kappa shape index (κ1) is 24.9. The summed E-state index contributed by atoms with van der Waals surface area (Å²) in [5, 5.41) is 12.3. The molecule has 2 aromatic heterocycles. The van der Waals surface area contributed by atoms with Crippen LogP contribution in [-0.2, 0) is 16.9 Å². The fraction of sp³-hybridized carbons (Fsp3) is 0.250. The third kappa shape index (κ3) is 4.67. The summed E-state index contributed by atoms with van der Waals surface area (Å²) in [6.45, 7) is 4.63. The summed E-state index contributed by atoms with van der Waals surface area (Å²) in [5.74, 6) is 0.525. The van der Waals surface area contributed by atoms with E-state index in [1.807, 2.05) is 13.8 Å². The largest absolute Gasteiger partial charge is 0.415 e. The maximum atomic E-state index is 12.9. The van der Waals surface area contributed by atoms with E-state index in [4.69, 9.17) is 15.9 Å². The Balaban J connectivity index is 1.88. The monoisotopic (exact) mass is 509 g/mol. The number of aromatic nitrogens is 4. The molecule has 0 aliphatic rings. The number of imidazole rings is 1. The van der Waals surface area contributed by atoms with Crippen LogP contribution in [0.3, 0.4) is 0 Å². The van der Waals surface area contributed by atoms with E-state index in [1.54, 1.807) is 42.1 Å². The Hall–Kier alpha value is -4.19. The Morgan fingerprint density at radius 2 is 1.83 bits per heavy atom. The molecule has 36 heavy (non-hydrogen) atoms. The molecule has 0 saturated carbocycles. The van der Waals surface area contributed by atoms with Gasteiger partial charge in [0.2, 0.25) is 0 Å². The van der Waals surface area contributed by atoms with Crippen LogP contribution in [0.25, 0.3) is 33.8 Å². The van der Waals surface area contributed by atoms with Crippen LogP contribution in [0.15, 0.2) is 47.4 Å². The normalized spacial score (nSPS) is 11.6. The molecule has 0 aliphatic carbocycles. The van der Waals surface area contributed by atoms with Crippen molar-refractivity contribution in [2.24, 2.45) is 12.8 Å². The molecule has 188 valence electrons. The van der Waals surface area contributed by atoms with Gasteiger partial charge in [-0.3, -0.25) is 10.1 Å². The number of amides is 1. The number of aromatic amines is 1. The van der Waals surface area contributed by atoms with Crippen LogP contribution in [-0.4, -0.2) is 64.3 Å². The van der Waals surface area contributed by atoms with Gasteiger partial charge in [0.25, 0.3) is 0 Å². The number of ether oxygens (including phenoxy) is 1. The third-order valence-corrected chi connectivity index (χ3v) is 6.92. The Kier molecular flexibility index (Phi) is 6.55. The van der Waals surface area contributed by atoms with Crippen molar-refractivity contribution in [2.45, 2.75) is 18.7 Å². The topological polar surface area (TPSA) is 160 Å². The highest BCUT2D eigenvalue weighted by molar-refractivity contribution is 7.90. The first-order valence-electron chi connectivity index (χ1n) is 11.2. The van der Waals surface area contributed by atoms with Crippen molar-refractivity contribution in [1.82, 2.24) is 24.6 Å². The summed E-state index contributed by atoms with van der Waals surface area (Å²) in [5.41, 5.74) is 8.81. The highest BCUT2D eigenvalue weighted by atomic mass is 32.2. The van der Waals surface area contributed by atoms with E-state index in [1.165, 1.54) is 17.0 Å². The van der Waals surface area contributed by atoms with Gasteiger partial charge in [-0.05, 0) is 44.2 Å². The third-order valence-electron chi connectivity index (χ3n) is 5.79. The average molecular weight is 510 g/mol. The molecule has 0 aliphatic heterocycles. The van der Waals surface area contributed by atoms with E-state index < -0.39 is 15.9 Å². The molecule has 0 atom stereocenters. The molecule has 1 amide bonds. The number of nitrogens with zero attached hydrogens (tertiary/aromatic N) is 4. The molecule has 11 nitrogen and oxygen atoms in total. The lowest BCUT2D eigenvalue weighted by atomic mass is 10.1. The number of nitrogens with two attached hydrogens (primary N) is 1. The Morgan fingerprint density at radius 3 is 2.42 bits per heavy atom. The number of hydrogen-bond donors (Lipinski definition) is 3. The SMILES string of the molecule is CCN(CC)C(=O)Oc1c(-c2ccc(S(C)(=O)=O)cc2)nn(C)c1-c1nc2ccc(C(=N)N)cc2[nH]1. The molecule has 0 saturated heterocycles. The number of amidine groups is 1. The van der Waals surface area contributed by atoms with E-state index in [9.17, 15) is 13.2 Å². The van der Waals surface area contributed by atoms with Crippen molar-refractivity contribution in [3.8, 4) is 28.5 Å². The van der Waals surface area contributed by atoms with Gasteiger partial charge in [0.05, 0.1) is 15.9 Å². The number of nitrogens with one attached hydrogen (secondary N) is 2. The minimum Gasteiger partial charge on any atom is -0.405 e. The number of carbonyl (C=O) groups excluding carboxylic acids is 1. The van der Waals surface area contributed by atoms with Gasteiger partial charge < -0.3 is 20.4 Å². The maximum absolute atomic E-state index is 12.9. The van der Waals surface area contributed by atoms with Crippen molar-refractivity contribution in [2.75, 3.05) is 19.3 Å². The lowest BCUT2D eigenvalue weighted by Gasteiger charge is -2.18. The van der Waals surface area contributed by atoms with Crippen LogP contribution >= 0.6 is 0 Å². The van der Waals surface area contributed by atoms with Crippen molar-refractivity contribution in [3.63, 3.8) is 0 Å². The second kappa shape index (κ2) is 9.46. The number of aryl methyl sites for hydroxylation is 1. The lowest BCUT2D eigenvalue weighted by molar-refractivity contribution is 0.157. The number of rotatable bonds is 7. The Labute approximate surface area is 208 Å². The zero-order valence-corrected chi connectivity index (χ0v) is 21.2. The number of hydrogen-bond acceptors (Lipinski definition) is 7. The number of carbonyl (C=O) groups is 1. The molecule has 4 aromatic rings. The van der Waals surface area contributed by atoms with Crippen molar-refractivity contribution in [3.05, 3.63) is 48.0 Å². The summed E-state index contributed by atoms with van der Waals surface area (Å²) in [7, 11) is -1.68. The molecule has 2 heterocycles. The van der Waals surface area contributed by atoms with Gasteiger partial charge in [0.1, 0.15) is 17.2 Å². The van der Waals surface area contributed by atoms with Gasteiger partial charge in [-0.25, -0.2) is 18.2 Å². The average Bonchev–Trinajstić information content (AvgIpc) is 3.39. The van der Waals surface area contributed by atoms with Gasteiger partial charge in [-0.1, -0.05) is 12.1 Å². The summed E-state index contributed by atoms with van der Waals surface area (Å²) >= 11 is 0. The van der Waals surface area contributed by atoms with E-state index in [0.29, 0.717) is 52.5 Å². The van der Waals surface area contributed by atoms with Crippen molar-refractivity contribution >= 4 is 32.8 Å². The summed E-state index contributed by atoms with van der Waals surface area (Å²) in [6.07, 6.45) is 0.593. The zero-order chi connectivity index (χ0) is 26.2. The second-order valence-corrected chi connectivity index (χ2v) is 10.2. The minimum absolute atomic E-state index is 0.0674.